The molecule has 0 spiro atoms. The first kappa shape index (κ1) is 14.0. The van der Waals surface area contributed by atoms with E-state index in [0.717, 1.165) is 11.1 Å². The molecule has 0 saturated carbocycles. The molecule has 1 aromatic carbocycles. The average molecular weight is 263 g/mol. The zero-order valence-electron chi connectivity index (χ0n) is 11.4. The second-order valence-corrected chi connectivity index (χ2v) is 4.81. The quantitative estimate of drug-likeness (QED) is 0.848. The lowest BCUT2D eigenvalue weighted by Crippen LogP contribution is -2.41. The van der Waals surface area contributed by atoms with E-state index in [-0.39, 0.29) is 11.9 Å². The third-order valence-electron chi connectivity index (χ3n) is 3.53. The van der Waals surface area contributed by atoms with Crippen molar-refractivity contribution < 1.29 is 14.6 Å². The summed E-state index contributed by atoms with van der Waals surface area (Å²) >= 11 is 0. The van der Waals surface area contributed by atoms with Crippen LogP contribution in [0.2, 0.25) is 0 Å². The lowest BCUT2D eigenvalue weighted by Gasteiger charge is -2.21. The van der Waals surface area contributed by atoms with Crippen LogP contribution in [0.1, 0.15) is 37.4 Å². The number of ether oxygens (including phenoxy) is 1. The molecule has 0 aliphatic heterocycles. The van der Waals surface area contributed by atoms with Crippen LogP contribution < -0.4 is 5.32 Å². The van der Waals surface area contributed by atoms with Gasteiger partial charge in [0.15, 0.2) is 0 Å². The number of hydrogen-bond acceptors (Lipinski definition) is 3. The molecule has 1 amide bonds. The number of rotatable bonds is 5. The summed E-state index contributed by atoms with van der Waals surface area (Å²) < 4.78 is 5.39. The molecule has 3 atom stereocenters. The molecule has 4 nitrogen and oxygen atoms in total. The molecule has 19 heavy (non-hydrogen) atoms. The Morgan fingerprint density at radius 2 is 2.21 bits per heavy atom. The van der Waals surface area contributed by atoms with Crippen LogP contribution >= 0.6 is 0 Å². The normalized spacial score (nSPS) is 22.9. The van der Waals surface area contributed by atoms with Crippen LogP contribution in [0.3, 0.4) is 0 Å². The number of carbonyl (C=O) groups excluding carboxylic acids is 1. The molecule has 1 aromatic rings. The van der Waals surface area contributed by atoms with Crippen LogP contribution in [0.4, 0.5) is 0 Å². The number of amides is 1. The standard InChI is InChI=1S/C15H21NO3/c1-3-13(19-4-2)15(18)16-14-11-8-6-5-7-10(11)9-12(14)17/h5-8,12-14,17H,3-4,9H2,1-2H3,(H,16,18). The second kappa shape index (κ2) is 6.17. The summed E-state index contributed by atoms with van der Waals surface area (Å²) in [5.41, 5.74) is 2.11. The van der Waals surface area contributed by atoms with Crippen molar-refractivity contribution in [1.29, 1.82) is 0 Å². The van der Waals surface area contributed by atoms with Gasteiger partial charge >= 0.3 is 0 Å². The van der Waals surface area contributed by atoms with Gasteiger partial charge < -0.3 is 15.2 Å². The van der Waals surface area contributed by atoms with Crippen LogP contribution in [0.25, 0.3) is 0 Å². The molecular formula is C15H21NO3. The van der Waals surface area contributed by atoms with E-state index in [9.17, 15) is 9.90 Å². The molecular weight excluding hydrogens is 242 g/mol. The zero-order valence-corrected chi connectivity index (χ0v) is 11.4. The SMILES string of the molecule is CCOC(CC)C(=O)NC1c2ccccc2CC1O. The summed E-state index contributed by atoms with van der Waals surface area (Å²) in [6.07, 6.45) is 0.224. The van der Waals surface area contributed by atoms with Crippen molar-refractivity contribution in [1.82, 2.24) is 5.32 Å². The van der Waals surface area contributed by atoms with E-state index < -0.39 is 12.2 Å². The zero-order chi connectivity index (χ0) is 13.8. The molecule has 104 valence electrons. The molecule has 1 aliphatic carbocycles. The second-order valence-electron chi connectivity index (χ2n) is 4.81. The molecule has 0 bridgehead atoms. The highest BCUT2D eigenvalue weighted by Gasteiger charge is 2.33. The number of benzene rings is 1. The fraction of sp³-hybridized carbons (Fsp3) is 0.533. The van der Waals surface area contributed by atoms with Gasteiger partial charge in [-0.1, -0.05) is 31.2 Å². The minimum atomic E-state index is -0.555. The number of fused-ring (bicyclic) bond motifs is 1. The van der Waals surface area contributed by atoms with Crippen LogP contribution in [0, 0.1) is 0 Å². The van der Waals surface area contributed by atoms with E-state index in [1.807, 2.05) is 38.1 Å². The maximum atomic E-state index is 12.1. The number of hydrogen-bond donors (Lipinski definition) is 2. The van der Waals surface area contributed by atoms with Crippen molar-refractivity contribution in [2.45, 2.75) is 44.9 Å². The molecule has 0 radical (unpaired) electrons. The number of nitrogens with one attached hydrogen (secondary N) is 1. The van der Waals surface area contributed by atoms with E-state index >= 15 is 0 Å². The highest BCUT2D eigenvalue weighted by atomic mass is 16.5. The van der Waals surface area contributed by atoms with Crippen molar-refractivity contribution in [3.8, 4) is 0 Å². The molecule has 0 saturated heterocycles. The topological polar surface area (TPSA) is 58.6 Å². The van der Waals surface area contributed by atoms with E-state index in [1.54, 1.807) is 0 Å². The lowest BCUT2D eigenvalue weighted by atomic mass is 10.1. The average Bonchev–Trinajstić information content (AvgIpc) is 2.72. The molecule has 4 heteroatoms. The molecule has 0 fully saturated rings. The molecule has 2 N–H and O–H groups in total. The van der Waals surface area contributed by atoms with Crippen molar-refractivity contribution in [2.75, 3.05) is 6.61 Å². The van der Waals surface area contributed by atoms with Gasteiger partial charge in [-0.3, -0.25) is 4.79 Å². The van der Waals surface area contributed by atoms with Crippen LogP contribution in [0.15, 0.2) is 24.3 Å². The Kier molecular flexibility index (Phi) is 4.56. The number of aliphatic hydroxyl groups excluding tert-OH is 1. The van der Waals surface area contributed by atoms with Gasteiger partial charge in [0.1, 0.15) is 6.10 Å². The van der Waals surface area contributed by atoms with Crippen LogP contribution in [-0.2, 0) is 16.0 Å². The molecule has 3 unspecified atom stereocenters. The summed E-state index contributed by atoms with van der Waals surface area (Å²) in [4.78, 5) is 12.1. The Bertz CT molecular complexity index is 447. The maximum Gasteiger partial charge on any atom is 0.249 e. The third kappa shape index (κ3) is 2.96. The van der Waals surface area contributed by atoms with Crippen molar-refractivity contribution in [3.63, 3.8) is 0 Å². The van der Waals surface area contributed by atoms with E-state index in [4.69, 9.17) is 4.74 Å². The summed E-state index contributed by atoms with van der Waals surface area (Å²) in [5, 5.41) is 13.0. The van der Waals surface area contributed by atoms with Gasteiger partial charge in [-0.25, -0.2) is 0 Å². The van der Waals surface area contributed by atoms with Gasteiger partial charge in [-0.15, -0.1) is 0 Å². The van der Waals surface area contributed by atoms with Crippen molar-refractivity contribution >= 4 is 5.91 Å². The predicted molar refractivity (Wildman–Crippen MR) is 72.7 cm³/mol. The minimum absolute atomic E-state index is 0.148. The first-order valence-electron chi connectivity index (χ1n) is 6.85. The monoisotopic (exact) mass is 263 g/mol. The highest BCUT2D eigenvalue weighted by Crippen LogP contribution is 2.31. The molecule has 1 aliphatic rings. The first-order valence-corrected chi connectivity index (χ1v) is 6.85. The Labute approximate surface area is 113 Å². The highest BCUT2D eigenvalue weighted by molar-refractivity contribution is 5.81. The molecule has 0 aromatic heterocycles. The summed E-state index contributed by atoms with van der Waals surface area (Å²) in [6, 6.07) is 7.50. The lowest BCUT2D eigenvalue weighted by molar-refractivity contribution is -0.134. The smallest absolute Gasteiger partial charge is 0.249 e. The van der Waals surface area contributed by atoms with E-state index in [1.165, 1.54) is 0 Å². The van der Waals surface area contributed by atoms with Crippen LogP contribution in [0.5, 0.6) is 0 Å². The van der Waals surface area contributed by atoms with Gasteiger partial charge in [0.25, 0.3) is 0 Å². The van der Waals surface area contributed by atoms with E-state index in [2.05, 4.69) is 5.32 Å². The Hall–Kier alpha value is -1.39. The fourth-order valence-corrected chi connectivity index (χ4v) is 2.57. The Morgan fingerprint density at radius 3 is 2.89 bits per heavy atom. The number of carbonyl (C=O) groups is 1. The van der Waals surface area contributed by atoms with Gasteiger partial charge in [-0.05, 0) is 24.5 Å². The van der Waals surface area contributed by atoms with Crippen molar-refractivity contribution in [3.05, 3.63) is 35.4 Å². The largest absolute Gasteiger partial charge is 0.390 e. The molecule has 2 rings (SSSR count). The van der Waals surface area contributed by atoms with Gasteiger partial charge in [0.2, 0.25) is 5.91 Å². The van der Waals surface area contributed by atoms with Gasteiger partial charge in [0.05, 0.1) is 12.1 Å². The molecule has 0 heterocycles. The van der Waals surface area contributed by atoms with E-state index in [0.29, 0.717) is 19.4 Å². The first-order chi connectivity index (χ1) is 9.17. The Balaban J connectivity index is 2.08. The Morgan fingerprint density at radius 1 is 1.47 bits per heavy atom. The van der Waals surface area contributed by atoms with Gasteiger partial charge in [0, 0.05) is 13.0 Å². The van der Waals surface area contributed by atoms with Gasteiger partial charge in [-0.2, -0.15) is 0 Å². The van der Waals surface area contributed by atoms with Crippen LogP contribution in [-0.4, -0.2) is 29.8 Å². The van der Waals surface area contributed by atoms with Crippen molar-refractivity contribution in [2.24, 2.45) is 0 Å². The maximum absolute atomic E-state index is 12.1. The fourth-order valence-electron chi connectivity index (χ4n) is 2.57. The predicted octanol–water partition coefficient (Wildman–Crippen LogP) is 1.58. The summed E-state index contributed by atoms with van der Waals surface area (Å²) in [6.45, 7) is 4.30. The summed E-state index contributed by atoms with van der Waals surface area (Å²) in [5.74, 6) is -0.148. The third-order valence-corrected chi connectivity index (χ3v) is 3.53. The number of aliphatic hydroxyl groups is 1. The minimum Gasteiger partial charge on any atom is -0.390 e. The summed E-state index contributed by atoms with van der Waals surface area (Å²) in [7, 11) is 0.